The first-order valence-corrected chi connectivity index (χ1v) is 20.1. The van der Waals surface area contributed by atoms with Crippen LogP contribution >= 0.6 is 15.9 Å². The van der Waals surface area contributed by atoms with Crippen molar-refractivity contribution in [2.24, 2.45) is 0 Å². The van der Waals surface area contributed by atoms with Gasteiger partial charge in [-0.25, -0.2) is 0 Å². The number of anilines is 6. The Balaban J connectivity index is 1.29. The van der Waals surface area contributed by atoms with Crippen LogP contribution in [0.2, 0.25) is 0 Å². The van der Waals surface area contributed by atoms with Crippen LogP contribution in [0, 0.1) is 0 Å². The molecule has 0 aromatic heterocycles. The minimum absolute atomic E-state index is 0.448. The summed E-state index contributed by atoms with van der Waals surface area (Å²) in [6.45, 7) is 0. The number of nitrogens with zero attached hydrogens (tertiary/aromatic N) is 2. The van der Waals surface area contributed by atoms with Gasteiger partial charge < -0.3 is 9.80 Å². The molecule has 0 N–H and O–H groups in total. The average molecular weight is 836 g/mol. The highest BCUT2D eigenvalue weighted by atomic mass is 79.9. The van der Waals surface area contributed by atoms with Crippen LogP contribution in [0.15, 0.2) is 211 Å². The highest BCUT2D eigenvalue weighted by molar-refractivity contribution is 9.10. The molecule has 0 amide bonds. The molecule has 0 aliphatic rings. The maximum atomic E-state index is 14.3. The largest absolute Gasteiger partial charge is 0.416 e. The normalized spacial score (nSPS) is 11.7. The molecule has 0 atom stereocenters. The molecule has 6 heteroatoms. The van der Waals surface area contributed by atoms with Crippen molar-refractivity contribution in [2.45, 2.75) is 6.18 Å². The van der Waals surface area contributed by atoms with Gasteiger partial charge in [0.25, 0.3) is 0 Å². The first kappa shape index (κ1) is 36.5. The second kappa shape index (κ2) is 14.8. The van der Waals surface area contributed by atoms with Crippen LogP contribution in [0.1, 0.15) is 5.56 Å². The Hall–Kier alpha value is -6.89. The average Bonchev–Trinajstić information content (AvgIpc) is 3.27. The van der Waals surface area contributed by atoms with Crippen molar-refractivity contribution in [1.29, 1.82) is 0 Å². The summed E-state index contributed by atoms with van der Waals surface area (Å²) >= 11 is 4.16. The molecule has 0 fully saturated rings. The predicted octanol–water partition coefficient (Wildman–Crippen LogP) is 16.7. The lowest BCUT2D eigenvalue weighted by Gasteiger charge is -2.32. The van der Waals surface area contributed by atoms with Gasteiger partial charge in [0, 0.05) is 22.7 Å². The molecule has 10 rings (SSSR count). The molecule has 10 aromatic carbocycles. The number of alkyl halides is 3. The first-order valence-electron chi connectivity index (χ1n) is 19.3. The Bertz CT molecular complexity index is 2870. The molecule has 0 spiro atoms. The van der Waals surface area contributed by atoms with Crippen LogP contribution in [0.3, 0.4) is 0 Å². The Morgan fingerprint density at radius 2 is 0.661 bits per heavy atom. The second-order valence-electron chi connectivity index (χ2n) is 14.7. The topological polar surface area (TPSA) is 6.48 Å². The van der Waals surface area contributed by atoms with Gasteiger partial charge in [-0.05, 0) is 143 Å². The number of hydrogen-bond donors (Lipinski definition) is 0. The number of fused-ring (bicyclic) bond motifs is 4. The SMILES string of the molecule is FC(F)(F)c1cccc(-c2cc(N(c3ccc4ccccc4c3)c3ccc4ccccc4c3)c(Br)c(N(c3ccc4ccccc4c3)c3ccc4ccccc4c3)c2)c1. The predicted molar refractivity (Wildman–Crippen MR) is 244 cm³/mol. The van der Waals surface area contributed by atoms with Crippen molar-refractivity contribution in [1.82, 2.24) is 0 Å². The molecule has 0 bridgehead atoms. The molecule has 2 nitrogen and oxygen atoms in total. The summed E-state index contributed by atoms with van der Waals surface area (Å²) in [4.78, 5) is 4.39. The molecule has 0 heterocycles. The highest BCUT2D eigenvalue weighted by Crippen LogP contribution is 2.50. The molecule has 0 radical (unpaired) electrons. The van der Waals surface area contributed by atoms with Crippen LogP contribution in [-0.2, 0) is 6.18 Å². The second-order valence-corrected chi connectivity index (χ2v) is 15.5. The third kappa shape index (κ3) is 6.96. The van der Waals surface area contributed by atoms with E-state index >= 15 is 0 Å². The van der Waals surface area contributed by atoms with Gasteiger partial charge in [-0.3, -0.25) is 0 Å². The van der Waals surface area contributed by atoms with Gasteiger partial charge >= 0.3 is 6.18 Å². The Morgan fingerprint density at radius 3 is 1.00 bits per heavy atom. The van der Waals surface area contributed by atoms with E-state index in [0.717, 1.165) is 87.8 Å². The minimum Gasteiger partial charge on any atom is -0.309 e. The van der Waals surface area contributed by atoms with Crippen molar-refractivity contribution < 1.29 is 13.2 Å². The Labute approximate surface area is 348 Å². The van der Waals surface area contributed by atoms with E-state index in [1.54, 1.807) is 6.07 Å². The third-order valence-electron chi connectivity index (χ3n) is 11.0. The fourth-order valence-electron chi connectivity index (χ4n) is 8.08. The summed E-state index contributed by atoms with van der Waals surface area (Å²) in [6, 6.07) is 68.0. The third-order valence-corrected chi connectivity index (χ3v) is 11.8. The van der Waals surface area contributed by atoms with Gasteiger partial charge in [-0.2, -0.15) is 13.2 Å². The van der Waals surface area contributed by atoms with Gasteiger partial charge in [0.05, 0.1) is 21.4 Å². The van der Waals surface area contributed by atoms with Gasteiger partial charge in [0.15, 0.2) is 0 Å². The zero-order valence-corrected chi connectivity index (χ0v) is 33.1. The molecule has 10 aromatic rings. The lowest BCUT2D eigenvalue weighted by Crippen LogP contribution is -2.15. The van der Waals surface area contributed by atoms with Gasteiger partial charge in [-0.1, -0.05) is 133 Å². The van der Waals surface area contributed by atoms with Crippen molar-refractivity contribution >= 4 is 93.1 Å². The molecule has 0 saturated carbocycles. The van der Waals surface area contributed by atoms with E-state index in [-0.39, 0.29) is 0 Å². The number of benzene rings is 10. The van der Waals surface area contributed by atoms with E-state index in [1.165, 1.54) is 12.1 Å². The van der Waals surface area contributed by atoms with Crippen LogP contribution in [0.25, 0.3) is 54.2 Å². The summed E-state index contributed by atoms with van der Waals surface area (Å²) < 4.78 is 43.8. The van der Waals surface area contributed by atoms with Gasteiger partial charge in [0.1, 0.15) is 0 Å². The molecule has 0 saturated heterocycles. The van der Waals surface area contributed by atoms with E-state index in [4.69, 9.17) is 0 Å². The molecule has 0 aliphatic heterocycles. The number of rotatable bonds is 7. The van der Waals surface area contributed by atoms with Crippen molar-refractivity contribution in [3.63, 3.8) is 0 Å². The van der Waals surface area contributed by atoms with Crippen molar-refractivity contribution in [3.8, 4) is 11.1 Å². The monoisotopic (exact) mass is 834 g/mol. The van der Waals surface area contributed by atoms with E-state index < -0.39 is 11.7 Å². The molecular weight excluding hydrogens is 801 g/mol. The summed E-state index contributed by atoms with van der Waals surface area (Å²) in [6.07, 6.45) is -4.51. The van der Waals surface area contributed by atoms with E-state index in [9.17, 15) is 13.2 Å². The zero-order chi connectivity index (χ0) is 40.1. The van der Waals surface area contributed by atoms with Crippen molar-refractivity contribution in [2.75, 3.05) is 9.80 Å². The maximum absolute atomic E-state index is 14.3. The lowest BCUT2D eigenvalue weighted by atomic mass is 9.99. The maximum Gasteiger partial charge on any atom is 0.416 e. The highest BCUT2D eigenvalue weighted by Gasteiger charge is 2.31. The smallest absolute Gasteiger partial charge is 0.309 e. The van der Waals surface area contributed by atoms with Crippen molar-refractivity contribution in [3.05, 3.63) is 216 Å². The number of hydrogen-bond acceptors (Lipinski definition) is 2. The molecule has 0 aliphatic carbocycles. The quantitative estimate of drug-likeness (QED) is 0.158. The van der Waals surface area contributed by atoms with E-state index in [0.29, 0.717) is 11.1 Å². The summed E-state index contributed by atoms with van der Waals surface area (Å²) in [5.41, 5.74) is 5.47. The molecule has 0 unspecified atom stereocenters. The van der Waals surface area contributed by atoms with Crippen LogP contribution in [-0.4, -0.2) is 0 Å². The molecule has 284 valence electrons. The fourth-order valence-corrected chi connectivity index (χ4v) is 8.66. The van der Waals surface area contributed by atoms with Crippen LogP contribution in [0.4, 0.5) is 47.3 Å². The molecular formula is C53H34BrF3N2. The summed E-state index contributed by atoms with van der Waals surface area (Å²) in [5, 5.41) is 8.67. The minimum atomic E-state index is -4.51. The lowest BCUT2D eigenvalue weighted by molar-refractivity contribution is -0.137. The summed E-state index contributed by atoms with van der Waals surface area (Å²) in [5.74, 6) is 0. The number of halogens is 4. The summed E-state index contributed by atoms with van der Waals surface area (Å²) in [7, 11) is 0. The van der Waals surface area contributed by atoms with Gasteiger partial charge in [0.2, 0.25) is 0 Å². The van der Waals surface area contributed by atoms with Crippen LogP contribution < -0.4 is 9.80 Å². The Kier molecular flexibility index (Phi) is 9.15. The van der Waals surface area contributed by atoms with Crippen LogP contribution in [0.5, 0.6) is 0 Å². The molecule has 59 heavy (non-hydrogen) atoms. The fraction of sp³-hybridized carbons (Fsp3) is 0.0189. The zero-order valence-electron chi connectivity index (χ0n) is 31.5. The first-order chi connectivity index (χ1) is 28.8. The van der Waals surface area contributed by atoms with E-state index in [2.05, 4.69) is 147 Å². The van der Waals surface area contributed by atoms with Gasteiger partial charge in [-0.15, -0.1) is 0 Å². The van der Waals surface area contributed by atoms with E-state index in [1.807, 2.05) is 60.7 Å². The Morgan fingerprint density at radius 1 is 0.322 bits per heavy atom. The standard InChI is InChI=1S/C53H34BrF3N2/c54-52-50(58(46-24-20-35-10-1-5-14-40(35)29-46)47-25-21-36-11-2-6-15-41(36)30-47)33-44(39-18-9-19-45(28-39)53(55,56)57)34-51(52)59(48-26-22-37-12-3-7-16-42(37)31-48)49-27-23-38-13-4-8-17-43(38)32-49/h1-34H.